The van der Waals surface area contributed by atoms with Crippen LogP contribution in [0.4, 0.5) is 0 Å². The highest BCUT2D eigenvalue weighted by Crippen LogP contribution is 2.54. The Bertz CT molecular complexity index is 1920. The lowest BCUT2D eigenvalue weighted by Crippen LogP contribution is -2.61. The summed E-state index contributed by atoms with van der Waals surface area (Å²) >= 11 is 3.50. The Morgan fingerprint density at radius 3 is 2.35 bits per heavy atom. The van der Waals surface area contributed by atoms with E-state index in [9.17, 15) is 9.59 Å². The number of hydrogen-bond donors (Lipinski definition) is 0. The summed E-state index contributed by atoms with van der Waals surface area (Å²) in [6, 6.07) is 9.04. The van der Waals surface area contributed by atoms with Gasteiger partial charge in [-0.25, -0.2) is 4.79 Å². The maximum atomic E-state index is 14.5. The first-order valence-electron chi connectivity index (χ1n) is 26.3. The molecule has 380 valence electrons. The van der Waals surface area contributed by atoms with E-state index < -0.39 is 32.4 Å². The van der Waals surface area contributed by atoms with Crippen LogP contribution in [0.5, 0.6) is 0 Å². The van der Waals surface area contributed by atoms with Gasteiger partial charge in [-0.1, -0.05) is 109 Å². The molecule has 1 aromatic rings. The number of fused-ring (bicyclic) bond motifs is 1. The van der Waals surface area contributed by atoms with Crippen molar-refractivity contribution in [1.82, 2.24) is 0 Å². The predicted octanol–water partition coefficient (Wildman–Crippen LogP) is 11.6. The standard InChI is InChI=1S/C55H83BrO11Si/c1-12-13-19-39-25-33(3)35(5)45(60-39)29-46-42(36(6)44(63-46)24-32(2)31-59-68(10,11)54(7,8)9)28-38(57)27-40-20-21-43-48(61-40)52-51-50(64-43)49-47(65-51)30-55(66-49,67-52)23-22-41(26-34(4)56)62-53(58)37-17-15-14-16-18-37/h14-18,32-33,36,39-52H,4-5,12-13,19-31H2,1-3,6-11H3/t32-,33+,36+,39-,40?,41-,42+,43-,44+,45?,46-,47+,48-,49-,50-,51+,52-,55-/m0/s1. The van der Waals surface area contributed by atoms with Gasteiger partial charge in [0.2, 0.25) is 0 Å². The second-order valence-electron chi connectivity index (χ2n) is 23.4. The lowest BCUT2D eigenvalue weighted by molar-refractivity contribution is -0.292. The Balaban J connectivity index is 0.923. The minimum Gasteiger partial charge on any atom is -0.458 e. The average Bonchev–Trinajstić information content (AvgIpc) is 3.83. The van der Waals surface area contributed by atoms with Crippen molar-refractivity contribution in [2.75, 3.05) is 6.61 Å². The monoisotopic (exact) mass is 1030 g/mol. The summed E-state index contributed by atoms with van der Waals surface area (Å²) in [4.78, 5) is 27.6. The van der Waals surface area contributed by atoms with Crippen molar-refractivity contribution in [3.8, 4) is 0 Å². The molecular weight excluding hydrogens is 945 g/mol. The first kappa shape index (κ1) is 52.5. The number of hydrogen-bond acceptors (Lipinski definition) is 11. The first-order valence-corrected chi connectivity index (χ1v) is 30.0. The molecule has 0 saturated carbocycles. The van der Waals surface area contributed by atoms with E-state index in [-0.39, 0.29) is 89.7 Å². The number of ketones is 1. The number of benzene rings is 1. The quantitative estimate of drug-likeness (QED) is 0.0665. The van der Waals surface area contributed by atoms with Crippen LogP contribution in [0.3, 0.4) is 0 Å². The van der Waals surface area contributed by atoms with Crippen LogP contribution in [0.1, 0.15) is 149 Å². The summed E-state index contributed by atoms with van der Waals surface area (Å²) in [5, 5.41) is 0.146. The fraction of sp³-hybridized carbons (Fsp3) is 0.782. The smallest absolute Gasteiger partial charge is 0.338 e. The summed E-state index contributed by atoms with van der Waals surface area (Å²) in [6.07, 6.45) is 7.56. The molecule has 13 heteroatoms. The molecule has 0 radical (unpaired) electrons. The van der Waals surface area contributed by atoms with Crippen LogP contribution < -0.4 is 0 Å². The van der Waals surface area contributed by atoms with Crippen LogP contribution in [0.2, 0.25) is 18.1 Å². The van der Waals surface area contributed by atoms with Crippen LogP contribution in [0, 0.1) is 23.7 Å². The normalized spacial score (nSPS) is 38.5. The second kappa shape index (κ2) is 21.7. The molecule has 0 aliphatic carbocycles. The lowest BCUT2D eigenvalue weighted by atomic mass is 9.78. The summed E-state index contributed by atoms with van der Waals surface area (Å²) in [7, 11) is -1.90. The van der Waals surface area contributed by atoms with Gasteiger partial charge in [-0.05, 0) is 103 Å². The van der Waals surface area contributed by atoms with Crippen molar-refractivity contribution in [1.29, 1.82) is 0 Å². The van der Waals surface area contributed by atoms with E-state index in [1.165, 1.54) is 0 Å². The fourth-order valence-corrected chi connectivity index (χ4v) is 13.5. The van der Waals surface area contributed by atoms with E-state index in [1.54, 1.807) is 12.1 Å². The lowest BCUT2D eigenvalue weighted by Gasteiger charge is -2.47. The van der Waals surface area contributed by atoms with E-state index >= 15 is 0 Å². The van der Waals surface area contributed by atoms with Gasteiger partial charge in [-0.3, -0.25) is 4.79 Å². The Hall–Kier alpha value is -1.78. The molecule has 0 N–H and O–H groups in total. The Morgan fingerprint density at radius 2 is 1.63 bits per heavy atom. The van der Waals surface area contributed by atoms with Gasteiger partial charge in [0.05, 0.1) is 48.3 Å². The van der Waals surface area contributed by atoms with Crippen LogP contribution in [-0.2, 0) is 47.1 Å². The van der Waals surface area contributed by atoms with Crippen molar-refractivity contribution in [3.63, 3.8) is 0 Å². The topological polar surface area (TPSA) is 117 Å². The molecule has 8 aliphatic heterocycles. The van der Waals surface area contributed by atoms with Crippen molar-refractivity contribution in [3.05, 3.63) is 59.1 Å². The predicted molar refractivity (Wildman–Crippen MR) is 268 cm³/mol. The molecule has 18 atom stereocenters. The number of carbonyl (C=O) groups excluding carboxylic acids is 2. The van der Waals surface area contributed by atoms with Crippen LogP contribution in [-0.4, -0.2) is 112 Å². The number of Topliss-reactive ketones (excluding diaryl/α,β-unsaturated/α-hetero) is 1. The van der Waals surface area contributed by atoms with E-state index in [2.05, 4.69) is 90.6 Å². The molecule has 0 amide bonds. The summed E-state index contributed by atoms with van der Waals surface area (Å²) in [5.74, 6) is -0.177. The van der Waals surface area contributed by atoms with E-state index in [4.69, 9.17) is 42.3 Å². The maximum Gasteiger partial charge on any atom is 0.338 e. The van der Waals surface area contributed by atoms with Crippen molar-refractivity contribution >= 4 is 36.0 Å². The largest absolute Gasteiger partial charge is 0.458 e. The third-order valence-corrected chi connectivity index (χ3v) is 22.0. The molecule has 8 heterocycles. The number of ether oxygens (including phenoxy) is 8. The molecule has 8 aliphatic rings. The van der Waals surface area contributed by atoms with Gasteiger partial charge in [0, 0.05) is 45.1 Å². The minimum atomic E-state index is -1.90. The Morgan fingerprint density at radius 1 is 0.912 bits per heavy atom. The molecule has 8 fully saturated rings. The Labute approximate surface area is 417 Å². The first-order chi connectivity index (χ1) is 32.2. The molecule has 9 rings (SSSR count). The molecule has 2 unspecified atom stereocenters. The van der Waals surface area contributed by atoms with E-state index in [0.29, 0.717) is 62.5 Å². The minimum absolute atomic E-state index is 0.0212. The molecule has 11 nitrogen and oxygen atoms in total. The zero-order valence-electron chi connectivity index (χ0n) is 42.6. The SMILES string of the molecule is C=C(Br)C[C@H](CC[C@@]12C[C@H]3O[C@H]4[C@@H](O1)[C@H]1OC(CC(=O)C[C@@H]5[C@@H](C)[C@@H](C[C@H](C)CO[Si](C)(C)C(C)(C)C)O[C@H]5CC5O[C@@H](CCCC)C[C@@H](C)C5=C)CC[C@@H]1O[C@H]4[C@H]3O2)OC(=O)c1ccccc1. The van der Waals surface area contributed by atoms with Crippen LogP contribution >= 0.6 is 15.9 Å². The average molecular weight is 1030 g/mol. The number of carbonyl (C=O) groups is 2. The van der Waals surface area contributed by atoms with Crippen molar-refractivity contribution in [2.45, 2.75) is 242 Å². The van der Waals surface area contributed by atoms with Gasteiger partial charge in [0.25, 0.3) is 0 Å². The van der Waals surface area contributed by atoms with E-state index in [0.717, 1.165) is 61.4 Å². The van der Waals surface area contributed by atoms with Crippen molar-refractivity contribution in [2.24, 2.45) is 23.7 Å². The molecule has 68 heavy (non-hydrogen) atoms. The molecule has 1 aromatic carbocycles. The van der Waals surface area contributed by atoms with Crippen LogP contribution in [0.15, 0.2) is 53.5 Å². The van der Waals surface area contributed by atoms with Gasteiger partial charge < -0.3 is 42.3 Å². The molecule has 0 aromatic heterocycles. The number of unbranched alkanes of at least 4 members (excludes halogenated alkanes) is 1. The zero-order valence-corrected chi connectivity index (χ0v) is 45.2. The van der Waals surface area contributed by atoms with Gasteiger partial charge in [-0.15, -0.1) is 0 Å². The third-order valence-electron chi connectivity index (χ3n) is 17.1. The number of halogens is 1. The summed E-state index contributed by atoms with van der Waals surface area (Å²) < 4.78 is 61.6. The third kappa shape index (κ3) is 11.8. The van der Waals surface area contributed by atoms with Gasteiger partial charge in [0.15, 0.2) is 14.1 Å². The second-order valence-corrected chi connectivity index (χ2v) is 29.4. The highest BCUT2D eigenvalue weighted by Gasteiger charge is 2.68. The molecule has 0 spiro atoms. The van der Waals surface area contributed by atoms with Crippen molar-refractivity contribution < 1.29 is 51.9 Å². The number of rotatable bonds is 21. The number of esters is 1. The van der Waals surface area contributed by atoms with E-state index in [1.807, 2.05) is 18.2 Å². The maximum absolute atomic E-state index is 14.5. The van der Waals surface area contributed by atoms with Crippen LogP contribution in [0.25, 0.3) is 0 Å². The van der Waals surface area contributed by atoms with Gasteiger partial charge in [-0.2, -0.15) is 0 Å². The summed E-state index contributed by atoms with van der Waals surface area (Å²) in [6.45, 7) is 29.9. The highest BCUT2D eigenvalue weighted by atomic mass is 79.9. The molecule has 6 bridgehead atoms. The zero-order chi connectivity index (χ0) is 48.7. The van der Waals surface area contributed by atoms with Gasteiger partial charge in [0.1, 0.15) is 42.4 Å². The summed E-state index contributed by atoms with van der Waals surface area (Å²) in [5.41, 5.74) is 1.65. The molecule has 8 saturated heterocycles. The van der Waals surface area contributed by atoms with Gasteiger partial charge >= 0.3 is 5.97 Å². The molecular formula is C55H83BrO11Si. The fourth-order valence-electron chi connectivity index (χ4n) is 12.0. The Kier molecular flexibility index (Phi) is 16.8. The highest BCUT2D eigenvalue weighted by molar-refractivity contribution is 9.11.